The quantitative estimate of drug-likeness (QED) is 0.804. The second-order valence-corrected chi connectivity index (χ2v) is 5.51. The Bertz CT molecular complexity index is 508. The summed E-state index contributed by atoms with van der Waals surface area (Å²) in [7, 11) is -2.16. The van der Waals surface area contributed by atoms with Crippen LogP contribution in [0.1, 0.15) is 24.2 Å². The van der Waals surface area contributed by atoms with Crippen molar-refractivity contribution in [3.05, 3.63) is 23.8 Å². The molecule has 1 aromatic carbocycles. The first-order chi connectivity index (χ1) is 7.90. The molecule has 0 atom stereocenters. The number of rotatable bonds is 5. The van der Waals surface area contributed by atoms with Gasteiger partial charge in [-0.25, -0.2) is 13.1 Å². The van der Waals surface area contributed by atoms with Crippen LogP contribution in [-0.2, 0) is 10.0 Å². The lowest BCUT2D eigenvalue weighted by Gasteiger charge is -2.11. The highest BCUT2D eigenvalue weighted by Crippen LogP contribution is 2.20. The summed E-state index contributed by atoms with van der Waals surface area (Å²) < 4.78 is 31.1. The molecule has 17 heavy (non-hydrogen) atoms. The van der Waals surface area contributed by atoms with Gasteiger partial charge in [-0.3, -0.25) is 4.79 Å². The third-order valence-electron chi connectivity index (χ3n) is 2.03. The molecule has 0 aromatic heterocycles. The number of hydrogen-bond acceptors (Lipinski definition) is 4. The first-order valence-corrected chi connectivity index (χ1v) is 6.54. The summed E-state index contributed by atoms with van der Waals surface area (Å²) >= 11 is 0. The highest BCUT2D eigenvalue weighted by molar-refractivity contribution is 7.89. The lowest BCUT2D eigenvalue weighted by Crippen LogP contribution is -2.30. The number of sulfonamides is 1. The molecule has 6 heteroatoms. The van der Waals surface area contributed by atoms with E-state index in [1.165, 1.54) is 25.3 Å². The molecule has 0 bridgehead atoms. The lowest BCUT2D eigenvalue weighted by molar-refractivity contribution is 0.112. The number of aldehydes is 1. The van der Waals surface area contributed by atoms with E-state index >= 15 is 0 Å². The number of benzene rings is 1. The fourth-order valence-electron chi connectivity index (χ4n) is 1.35. The molecule has 0 amide bonds. The zero-order chi connectivity index (χ0) is 13.1. The van der Waals surface area contributed by atoms with Crippen LogP contribution in [0.15, 0.2) is 23.1 Å². The number of nitrogens with one attached hydrogen (secondary N) is 1. The summed E-state index contributed by atoms with van der Waals surface area (Å²) in [6.45, 7) is 3.45. The van der Waals surface area contributed by atoms with E-state index in [4.69, 9.17) is 4.74 Å². The fourth-order valence-corrected chi connectivity index (χ4v) is 2.64. The minimum absolute atomic E-state index is 0.0501. The molecule has 0 aliphatic carbocycles. The summed E-state index contributed by atoms with van der Waals surface area (Å²) in [5, 5.41) is 0. The molecule has 0 aliphatic heterocycles. The van der Waals surface area contributed by atoms with E-state index in [-0.39, 0.29) is 16.5 Å². The number of hydrogen-bond donors (Lipinski definition) is 1. The maximum Gasteiger partial charge on any atom is 0.240 e. The molecule has 0 saturated heterocycles. The maximum absolute atomic E-state index is 11.8. The maximum atomic E-state index is 11.8. The monoisotopic (exact) mass is 257 g/mol. The minimum atomic E-state index is -3.58. The molecule has 1 N–H and O–H groups in total. The third kappa shape index (κ3) is 3.28. The summed E-state index contributed by atoms with van der Waals surface area (Å²) in [4.78, 5) is 10.8. The molecule has 0 saturated carbocycles. The van der Waals surface area contributed by atoms with Crippen LogP contribution in [0, 0.1) is 0 Å². The van der Waals surface area contributed by atoms with Gasteiger partial charge in [0.15, 0.2) is 6.29 Å². The van der Waals surface area contributed by atoms with E-state index in [1.54, 1.807) is 13.8 Å². The van der Waals surface area contributed by atoms with E-state index in [9.17, 15) is 13.2 Å². The Morgan fingerprint density at radius 1 is 1.35 bits per heavy atom. The van der Waals surface area contributed by atoms with E-state index in [1.807, 2.05) is 0 Å². The molecule has 0 aliphatic rings. The number of carbonyl (C=O) groups excluding carboxylic acids is 1. The Morgan fingerprint density at radius 2 is 2.00 bits per heavy atom. The van der Waals surface area contributed by atoms with Crippen molar-refractivity contribution in [2.45, 2.75) is 24.8 Å². The molecular weight excluding hydrogens is 242 g/mol. The van der Waals surface area contributed by atoms with E-state index in [2.05, 4.69) is 4.72 Å². The van der Waals surface area contributed by atoms with Gasteiger partial charge in [0.05, 0.1) is 17.6 Å². The first kappa shape index (κ1) is 13.7. The molecule has 1 rings (SSSR count). The van der Waals surface area contributed by atoms with Gasteiger partial charge < -0.3 is 4.74 Å². The van der Waals surface area contributed by atoms with Crippen molar-refractivity contribution >= 4 is 16.3 Å². The molecule has 94 valence electrons. The summed E-state index contributed by atoms with van der Waals surface area (Å²) in [6.07, 6.45) is 0.563. The smallest absolute Gasteiger partial charge is 0.240 e. The minimum Gasteiger partial charge on any atom is -0.496 e. The van der Waals surface area contributed by atoms with Crippen LogP contribution >= 0.6 is 0 Å². The summed E-state index contributed by atoms with van der Waals surface area (Å²) in [6, 6.07) is 3.94. The largest absolute Gasteiger partial charge is 0.496 e. The third-order valence-corrected chi connectivity index (χ3v) is 3.69. The molecule has 5 nitrogen and oxygen atoms in total. The Morgan fingerprint density at radius 3 is 2.47 bits per heavy atom. The Kier molecular flexibility index (Phi) is 4.25. The molecular formula is C11H15NO4S. The van der Waals surface area contributed by atoms with Gasteiger partial charge in [-0.1, -0.05) is 0 Å². The van der Waals surface area contributed by atoms with Crippen molar-refractivity contribution in [3.63, 3.8) is 0 Å². The first-order valence-electron chi connectivity index (χ1n) is 5.06. The number of ether oxygens (including phenoxy) is 1. The van der Waals surface area contributed by atoms with Gasteiger partial charge in [0.25, 0.3) is 0 Å². The van der Waals surface area contributed by atoms with Gasteiger partial charge in [-0.15, -0.1) is 0 Å². The normalized spacial score (nSPS) is 11.5. The van der Waals surface area contributed by atoms with Crippen molar-refractivity contribution in [1.82, 2.24) is 4.72 Å². The fraction of sp³-hybridized carbons (Fsp3) is 0.364. The van der Waals surface area contributed by atoms with Crippen LogP contribution < -0.4 is 9.46 Å². The Hall–Kier alpha value is -1.40. The van der Waals surface area contributed by atoms with Crippen LogP contribution in [0.5, 0.6) is 5.75 Å². The van der Waals surface area contributed by atoms with Crippen molar-refractivity contribution in [3.8, 4) is 5.75 Å². The SMILES string of the molecule is COc1ccc(S(=O)(=O)NC(C)C)cc1C=O. The highest BCUT2D eigenvalue weighted by Gasteiger charge is 2.17. The number of carbonyl (C=O) groups is 1. The zero-order valence-electron chi connectivity index (χ0n) is 9.93. The van der Waals surface area contributed by atoms with Gasteiger partial charge >= 0.3 is 0 Å². The average Bonchev–Trinajstić information content (AvgIpc) is 2.26. The topological polar surface area (TPSA) is 72.5 Å². The predicted octanol–water partition coefficient (Wildman–Crippen LogP) is 1.19. The van der Waals surface area contributed by atoms with E-state index < -0.39 is 10.0 Å². The van der Waals surface area contributed by atoms with Crippen molar-refractivity contribution in [2.24, 2.45) is 0 Å². The molecule has 0 unspecified atom stereocenters. The van der Waals surface area contributed by atoms with Crippen LogP contribution in [0.4, 0.5) is 0 Å². The van der Waals surface area contributed by atoms with Gasteiger partial charge in [-0.05, 0) is 32.0 Å². The predicted molar refractivity (Wildman–Crippen MR) is 63.8 cm³/mol. The van der Waals surface area contributed by atoms with Gasteiger partial charge in [0, 0.05) is 6.04 Å². The highest BCUT2D eigenvalue weighted by atomic mass is 32.2. The van der Waals surface area contributed by atoms with Crippen LogP contribution in [0.2, 0.25) is 0 Å². The summed E-state index contributed by atoms with van der Waals surface area (Å²) in [5.74, 6) is 0.350. The zero-order valence-corrected chi connectivity index (χ0v) is 10.7. The van der Waals surface area contributed by atoms with Crippen LogP contribution in [-0.4, -0.2) is 27.9 Å². The molecule has 0 fully saturated rings. The van der Waals surface area contributed by atoms with Crippen LogP contribution in [0.3, 0.4) is 0 Å². The van der Waals surface area contributed by atoms with Gasteiger partial charge in [-0.2, -0.15) is 0 Å². The summed E-state index contributed by atoms with van der Waals surface area (Å²) in [5.41, 5.74) is 0.208. The second kappa shape index (κ2) is 5.29. The van der Waals surface area contributed by atoms with Crippen molar-refractivity contribution < 1.29 is 17.9 Å². The second-order valence-electron chi connectivity index (χ2n) is 3.80. The number of methoxy groups -OCH3 is 1. The Labute approximate surface area is 101 Å². The van der Waals surface area contributed by atoms with Crippen LogP contribution in [0.25, 0.3) is 0 Å². The lowest BCUT2D eigenvalue weighted by atomic mass is 10.2. The van der Waals surface area contributed by atoms with Gasteiger partial charge in [0.2, 0.25) is 10.0 Å². The Balaban J connectivity index is 3.20. The van der Waals surface area contributed by atoms with E-state index in [0.717, 1.165) is 0 Å². The molecule has 0 heterocycles. The van der Waals surface area contributed by atoms with Crippen molar-refractivity contribution in [1.29, 1.82) is 0 Å². The molecule has 1 aromatic rings. The molecule has 0 spiro atoms. The molecule has 0 radical (unpaired) electrons. The van der Waals surface area contributed by atoms with E-state index in [0.29, 0.717) is 12.0 Å². The van der Waals surface area contributed by atoms with Gasteiger partial charge in [0.1, 0.15) is 5.75 Å². The standard InChI is InChI=1S/C11H15NO4S/c1-8(2)12-17(14,15)10-4-5-11(16-3)9(6-10)7-13/h4-8,12H,1-3H3. The van der Waals surface area contributed by atoms with Crippen molar-refractivity contribution in [2.75, 3.05) is 7.11 Å². The average molecular weight is 257 g/mol.